The second-order valence-electron chi connectivity index (χ2n) is 4.73. The number of hydrogen-bond acceptors (Lipinski definition) is 3. The van der Waals surface area contributed by atoms with Gasteiger partial charge >= 0.3 is 5.97 Å². The largest absolute Gasteiger partial charge is 0.480 e. The summed E-state index contributed by atoms with van der Waals surface area (Å²) in [4.78, 5) is 23.3. The molecule has 0 heterocycles. The lowest BCUT2D eigenvalue weighted by Crippen LogP contribution is -2.42. The average molecular weight is 315 g/mol. The van der Waals surface area contributed by atoms with Gasteiger partial charge in [0.1, 0.15) is 6.04 Å². The van der Waals surface area contributed by atoms with Crippen molar-refractivity contribution in [3.8, 4) is 0 Å². The molecule has 0 aliphatic rings. The maximum atomic E-state index is 12.0. The van der Waals surface area contributed by atoms with Crippen LogP contribution in [0.5, 0.6) is 0 Å². The number of thioether (sulfide) groups is 1. The van der Waals surface area contributed by atoms with Crippen LogP contribution in [0.25, 0.3) is 0 Å². The predicted molar refractivity (Wildman–Crippen MR) is 87.9 cm³/mol. The van der Waals surface area contributed by atoms with Crippen LogP contribution >= 0.6 is 11.8 Å². The summed E-state index contributed by atoms with van der Waals surface area (Å²) < 4.78 is 0. The fourth-order valence-corrected chi connectivity index (χ4v) is 2.88. The Kier molecular flexibility index (Phi) is 6.03. The van der Waals surface area contributed by atoms with Gasteiger partial charge in [-0.05, 0) is 17.7 Å². The van der Waals surface area contributed by atoms with E-state index in [1.807, 2.05) is 30.3 Å². The first-order valence-corrected chi connectivity index (χ1v) is 8.02. The molecule has 0 radical (unpaired) electrons. The van der Waals surface area contributed by atoms with E-state index in [9.17, 15) is 14.7 Å². The van der Waals surface area contributed by atoms with Crippen LogP contribution in [0.2, 0.25) is 0 Å². The minimum Gasteiger partial charge on any atom is -0.480 e. The number of carbonyl (C=O) groups excluding carboxylic acids is 1. The molecule has 0 aliphatic heterocycles. The third kappa shape index (κ3) is 4.93. The highest BCUT2D eigenvalue weighted by atomic mass is 32.2. The SMILES string of the molecule is O=C(N[C@@H](CSCc1ccccc1)C(=O)O)c1ccccc1. The predicted octanol–water partition coefficient (Wildman–Crippen LogP) is 2.80. The van der Waals surface area contributed by atoms with E-state index in [2.05, 4.69) is 5.32 Å². The van der Waals surface area contributed by atoms with Crippen molar-refractivity contribution in [1.82, 2.24) is 5.32 Å². The van der Waals surface area contributed by atoms with Crippen molar-refractivity contribution in [2.75, 3.05) is 5.75 Å². The molecule has 4 nitrogen and oxygen atoms in total. The van der Waals surface area contributed by atoms with Crippen molar-refractivity contribution in [2.24, 2.45) is 0 Å². The topological polar surface area (TPSA) is 66.4 Å². The molecule has 2 N–H and O–H groups in total. The standard InChI is InChI=1S/C17H17NO3S/c19-16(14-9-5-2-6-10-14)18-15(17(20)21)12-22-11-13-7-3-1-4-8-13/h1-10,15H,11-12H2,(H,18,19)(H,20,21)/t15-/m0/s1. The van der Waals surface area contributed by atoms with Gasteiger partial charge in [0.2, 0.25) is 0 Å². The van der Waals surface area contributed by atoms with E-state index in [1.165, 1.54) is 11.8 Å². The van der Waals surface area contributed by atoms with E-state index in [0.717, 1.165) is 5.56 Å². The number of carboxylic acid groups (broad SMARTS) is 1. The highest BCUT2D eigenvalue weighted by molar-refractivity contribution is 7.98. The Labute approximate surface area is 133 Å². The molecule has 0 saturated heterocycles. The van der Waals surface area contributed by atoms with Crippen LogP contribution in [0.3, 0.4) is 0 Å². The molecule has 0 saturated carbocycles. The summed E-state index contributed by atoms with van der Waals surface area (Å²) in [7, 11) is 0. The summed E-state index contributed by atoms with van der Waals surface area (Å²) in [5.74, 6) is -0.354. The molecule has 114 valence electrons. The fraction of sp³-hybridized carbons (Fsp3) is 0.176. The highest BCUT2D eigenvalue weighted by Gasteiger charge is 2.20. The number of hydrogen-bond donors (Lipinski definition) is 2. The number of amides is 1. The van der Waals surface area contributed by atoms with Crippen molar-refractivity contribution in [1.29, 1.82) is 0 Å². The van der Waals surface area contributed by atoms with Crippen LogP contribution in [0.1, 0.15) is 15.9 Å². The second-order valence-corrected chi connectivity index (χ2v) is 5.76. The number of nitrogens with one attached hydrogen (secondary N) is 1. The van der Waals surface area contributed by atoms with Gasteiger partial charge in [0.15, 0.2) is 0 Å². The molecule has 1 atom stereocenters. The molecule has 2 aromatic carbocycles. The van der Waals surface area contributed by atoms with Crippen LogP contribution in [0, 0.1) is 0 Å². The zero-order chi connectivity index (χ0) is 15.8. The average Bonchev–Trinajstić information content (AvgIpc) is 2.55. The van der Waals surface area contributed by atoms with E-state index < -0.39 is 12.0 Å². The lowest BCUT2D eigenvalue weighted by Gasteiger charge is -2.14. The van der Waals surface area contributed by atoms with Gasteiger partial charge in [-0.3, -0.25) is 4.79 Å². The minimum absolute atomic E-state index is 0.322. The molecule has 0 aromatic heterocycles. The molecular weight excluding hydrogens is 298 g/mol. The van der Waals surface area contributed by atoms with Gasteiger partial charge in [-0.2, -0.15) is 11.8 Å². The van der Waals surface area contributed by atoms with Crippen LogP contribution in [-0.2, 0) is 10.5 Å². The van der Waals surface area contributed by atoms with Crippen molar-refractivity contribution >= 4 is 23.6 Å². The minimum atomic E-state index is -1.02. The van der Waals surface area contributed by atoms with E-state index in [0.29, 0.717) is 17.1 Å². The molecule has 5 heteroatoms. The lowest BCUT2D eigenvalue weighted by atomic mass is 10.2. The Morgan fingerprint density at radius 1 is 1.00 bits per heavy atom. The zero-order valence-electron chi connectivity index (χ0n) is 11.9. The molecule has 2 aromatic rings. The lowest BCUT2D eigenvalue weighted by molar-refractivity contribution is -0.138. The summed E-state index contributed by atoms with van der Waals surface area (Å²) in [6.45, 7) is 0. The second kappa shape index (κ2) is 8.24. The summed E-state index contributed by atoms with van der Waals surface area (Å²) in [6, 6.07) is 17.5. The van der Waals surface area contributed by atoms with E-state index in [1.54, 1.807) is 30.3 Å². The Morgan fingerprint density at radius 3 is 2.18 bits per heavy atom. The molecule has 0 aliphatic carbocycles. The monoisotopic (exact) mass is 315 g/mol. The molecule has 0 bridgehead atoms. The molecule has 0 fully saturated rings. The number of benzene rings is 2. The zero-order valence-corrected chi connectivity index (χ0v) is 12.8. The van der Waals surface area contributed by atoms with Gasteiger partial charge in [-0.1, -0.05) is 48.5 Å². The van der Waals surface area contributed by atoms with Crippen molar-refractivity contribution in [2.45, 2.75) is 11.8 Å². The quantitative estimate of drug-likeness (QED) is 0.824. The number of aliphatic carboxylic acids is 1. The van der Waals surface area contributed by atoms with Gasteiger partial charge in [0, 0.05) is 17.1 Å². The Balaban J connectivity index is 1.87. The third-order valence-corrected chi connectivity index (χ3v) is 4.14. The number of carbonyl (C=O) groups is 2. The van der Waals surface area contributed by atoms with Gasteiger partial charge in [-0.15, -0.1) is 0 Å². The summed E-state index contributed by atoms with van der Waals surface area (Å²) in [5, 5.41) is 11.8. The highest BCUT2D eigenvalue weighted by Crippen LogP contribution is 2.13. The first-order valence-electron chi connectivity index (χ1n) is 6.87. The summed E-state index contributed by atoms with van der Waals surface area (Å²) in [5.41, 5.74) is 1.59. The van der Waals surface area contributed by atoms with Gasteiger partial charge in [-0.25, -0.2) is 4.79 Å². The van der Waals surface area contributed by atoms with Crippen LogP contribution in [0.15, 0.2) is 60.7 Å². The van der Waals surface area contributed by atoms with Crippen LogP contribution in [0.4, 0.5) is 0 Å². The fourth-order valence-electron chi connectivity index (χ4n) is 1.87. The Bertz CT molecular complexity index is 616. The van der Waals surface area contributed by atoms with Crippen LogP contribution < -0.4 is 5.32 Å². The maximum Gasteiger partial charge on any atom is 0.327 e. The summed E-state index contributed by atoms with van der Waals surface area (Å²) in [6.07, 6.45) is 0. The third-order valence-electron chi connectivity index (χ3n) is 3.04. The molecular formula is C17H17NO3S. The van der Waals surface area contributed by atoms with E-state index >= 15 is 0 Å². The van der Waals surface area contributed by atoms with E-state index in [-0.39, 0.29) is 5.91 Å². The molecule has 1 amide bonds. The normalized spacial score (nSPS) is 11.6. The number of carboxylic acids is 1. The first-order chi connectivity index (χ1) is 10.7. The van der Waals surface area contributed by atoms with Gasteiger partial charge < -0.3 is 10.4 Å². The van der Waals surface area contributed by atoms with Crippen LogP contribution in [-0.4, -0.2) is 28.8 Å². The summed E-state index contributed by atoms with van der Waals surface area (Å²) >= 11 is 1.48. The Morgan fingerprint density at radius 2 is 1.59 bits per heavy atom. The van der Waals surface area contributed by atoms with Crippen molar-refractivity contribution in [3.63, 3.8) is 0 Å². The molecule has 0 unspecified atom stereocenters. The van der Waals surface area contributed by atoms with Crippen molar-refractivity contribution < 1.29 is 14.7 Å². The van der Waals surface area contributed by atoms with Gasteiger partial charge in [0.25, 0.3) is 5.91 Å². The molecule has 2 rings (SSSR count). The molecule has 22 heavy (non-hydrogen) atoms. The Hall–Kier alpha value is -2.27. The number of rotatable bonds is 7. The van der Waals surface area contributed by atoms with Gasteiger partial charge in [0.05, 0.1) is 0 Å². The van der Waals surface area contributed by atoms with E-state index in [4.69, 9.17) is 0 Å². The van der Waals surface area contributed by atoms with Crippen molar-refractivity contribution in [3.05, 3.63) is 71.8 Å². The maximum absolute atomic E-state index is 12.0. The smallest absolute Gasteiger partial charge is 0.327 e. The molecule has 0 spiro atoms. The first kappa shape index (κ1) is 16.1.